The number of amides is 1. The van der Waals surface area contributed by atoms with Gasteiger partial charge in [-0.1, -0.05) is 30.3 Å². The maximum atomic E-state index is 13.1. The van der Waals surface area contributed by atoms with Crippen LogP contribution in [0.5, 0.6) is 5.75 Å². The molecule has 8 nitrogen and oxygen atoms in total. The molecule has 3 aromatic rings. The van der Waals surface area contributed by atoms with Crippen molar-refractivity contribution in [3.8, 4) is 5.75 Å². The second-order valence-corrected chi connectivity index (χ2v) is 8.01. The number of halogens is 1. The fourth-order valence-corrected chi connectivity index (χ4v) is 4.13. The topological polar surface area (TPSA) is 91.0 Å². The molecule has 160 valence electrons. The van der Waals surface area contributed by atoms with Gasteiger partial charge in [0.05, 0.1) is 24.2 Å². The van der Waals surface area contributed by atoms with Gasteiger partial charge in [-0.05, 0) is 38.5 Å². The lowest BCUT2D eigenvalue weighted by molar-refractivity contribution is -0.113. The Morgan fingerprint density at radius 3 is 2.77 bits per heavy atom. The number of hydrogen-bond donors (Lipinski definition) is 1. The predicted molar refractivity (Wildman–Crippen MR) is 120 cm³/mol. The number of benzene rings is 1. The summed E-state index contributed by atoms with van der Waals surface area (Å²) in [6, 6.07) is 5.00. The zero-order valence-corrected chi connectivity index (χ0v) is 18.9. The van der Waals surface area contributed by atoms with Crippen molar-refractivity contribution < 1.29 is 9.53 Å². The fourth-order valence-electron chi connectivity index (χ4n) is 3.14. The van der Waals surface area contributed by atoms with Crippen molar-refractivity contribution in [2.75, 3.05) is 18.2 Å². The molecule has 30 heavy (non-hydrogen) atoms. The Kier molecular flexibility index (Phi) is 7.04. The first-order valence-electron chi connectivity index (χ1n) is 9.63. The van der Waals surface area contributed by atoms with Gasteiger partial charge in [0.2, 0.25) is 5.91 Å². The zero-order valence-electron chi connectivity index (χ0n) is 17.4. The monoisotopic (exact) mass is 449 g/mol. The molecule has 3 rings (SSSR count). The number of rotatable bonds is 8. The lowest BCUT2D eigenvalue weighted by atomic mass is 10.3. The summed E-state index contributed by atoms with van der Waals surface area (Å²) in [5.41, 5.74) is 2.13. The quantitative estimate of drug-likeness (QED) is 0.416. The Morgan fingerprint density at radius 2 is 2.10 bits per heavy atom. The van der Waals surface area contributed by atoms with Crippen LogP contribution < -0.4 is 15.6 Å². The first kappa shape index (κ1) is 22.2. The summed E-state index contributed by atoms with van der Waals surface area (Å²) < 4.78 is 8.56. The molecular weight excluding hydrogens is 426 g/mol. The molecule has 1 aromatic carbocycles. The van der Waals surface area contributed by atoms with Crippen LogP contribution in [0, 0.1) is 6.92 Å². The van der Waals surface area contributed by atoms with E-state index in [1.54, 1.807) is 27.4 Å². The minimum Gasteiger partial charge on any atom is -0.495 e. The molecule has 0 aliphatic rings. The van der Waals surface area contributed by atoms with E-state index in [1.165, 1.54) is 18.9 Å². The normalized spacial score (nSPS) is 11.1. The van der Waals surface area contributed by atoms with Crippen LogP contribution in [-0.2, 0) is 17.9 Å². The van der Waals surface area contributed by atoms with Gasteiger partial charge < -0.3 is 10.1 Å². The first-order valence-corrected chi connectivity index (χ1v) is 11.0. The SMILES string of the molecule is CCCn1c(SCC(=O)Nc2cc(Cl)ccc2OC)nc2c(C)nn(CC)c2c1=O. The minimum atomic E-state index is -0.251. The van der Waals surface area contributed by atoms with Crippen molar-refractivity contribution in [2.24, 2.45) is 0 Å². The predicted octanol–water partition coefficient (Wildman–Crippen LogP) is 3.72. The number of methoxy groups -OCH3 is 1. The molecule has 2 aromatic heterocycles. The highest BCUT2D eigenvalue weighted by Gasteiger charge is 2.19. The van der Waals surface area contributed by atoms with E-state index in [9.17, 15) is 9.59 Å². The zero-order chi connectivity index (χ0) is 21.8. The highest BCUT2D eigenvalue weighted by molar-refractivity contribution is 7.99. The third kappa shape index (κ3) is 4.46. The smallest absolute Gasteiger partial charge is 0.280 e. The molecule has 0 spiro atoms. The summed E-state index contributed by atoms with van der Waals surface area (Å²) in [6.07, 6.45) is 0.770. The number of anilines is 1. The summed E-state index contributed by atoms with van der Waals surface area (Å²) in [4.78, 5) is 30.3. The number of aromatic nitrogens is 4. The van der Waals surface area contributed by atoms with Crippen molar-refractivity contribution in [2.45, 2.75) is 45.4 Å². The Labute approximate surface area is 183 Å². The highest BCUT2D eigenvalue weighted by Crippen LogP contribution is 2.28. The number of fused-ring (bicyclic) bond motifs is 1. The molecule has 0 unspecified atom stereocenters. The maximum Gasteiger partial charge on any atom is 0.280 e. The Balaban J connectivity index is 1.87. The number of carbonyl (C=O) groups is 1. The third-order valence-corrected chi connectivity index (χ3v) is 5.71. The van der Waals surface area contributed by atoms with Gasteiger partial charge in [-0.2, -0.15) is 5.10 Å². The van der Waals surface area contributed by atoms with E-state index >= 15 is 0 Å². The molecule has 10 heteroatoms. The van der Waals surface area contributed by atoms with Gasteiger partial charge >= 0.3 is 0 Å². The Morgan fingerprint density at radius 1 is 1.33 bits per heavy atom. The van der Waals surface area contributed by atoms with Crippen LogP contribution in [0.2, 0.25) is 5.02 Å². The molecule has 0 fully saturated rings. The third-order valence-electron chi connectivity index (χ3n) is 4.50. The van der Waals surface area contributed by atoms with E-state index < -0.39 is 0 Å². The van der Waals surface area contributed by atoms with Crippen LogP contribution in [0.1, 0.15) is 26.0 Å². The second-order valence-electron chi connectivity index (χ2n) is 6.63. The average Bonchev–Trinajstić information content (AvgIpc) is 3.05. The molecule has 0 aliphatic heterocycles. The van der Waals surface area contributed by atoms with Gasteiger partial charge in [0.15, 0.2) is 10.7 Å². The number of carbonyl (C=O) groups excluding carboxylic acids is 1. The molecule has 2 heterocycles. The maximum absolute atomic E-state index is 13.1. The van der Waals surface area contributed by atoms with Gasteiger partial charge in [0.25, 0.3) is 5.56 Å². The Bertz CT molecular complexity index is 1140. The first-order chi connectivity index (χ1) is 14.4. The summed E-state index contributed by atoms with van der Waals surface area (Å²) >= 11 is 7.23. The number of nitrogens with zero attached hydrogens (tertiary/aromatic N) is 4. The lowest BCUT2D eigenvalue weighted by Gasteiger charge is -2.13. The highest BCUT2D eigenvalue weighted by atomic mass is 35.5. The summed E-state index contributed by atoms with van der Waals surface area (Å²) in [5, 5.41) is 8.21. The van der Waals surface area contributed by atoms with Crippen molar-refractivity contribution in [1.29, 1.82) is 0 Å². The molecule has 0 radical (unpaired) electrons. The lowest BCUT2D eigenvalue weighted by Crippen LogP contribution is -2.25. The number of nitrogens with one attached hydrogen (secondary N) is 1. The van der Waals surface area contributed by atoms with Crippen molar-refractivity contribution in [3.05, 3.63) is 39.3 Å². The molecule has 0 bridgehead atoms. The number of ether oxygens (including phenoxy) is 1. The summed E-state index contributed by atoms with van der Waals surface area (Å²) in [7, 11) is 1.52. The van der Waals surface area contributed by atoms with Crippen LogP contribution in [0.15, 0.2) is 28.2 Å². The minimum absolute atomic E-state index is 0.0816. The standard InChI is InChI=1S/C20H24ClN5O3S/c1-5-9-25-19(28)18-17(12(3)24-26(18)6-2)23-20(25)30-11-16(27)22-14-10-13(21)7-8-15(14)29-4/h7-8,10H,5-6,9,11H2,1-4H3,(H,22,27). The number of hydrogen-bond acceptors (Lipinski definition) is 6. The molecule has 0 aliphatic carbocycles. The van der Waals surface area contributed by atoms with E-state index in [-0.39, 0.29) is 17.2 Å². The van der Waals surface area contributed by atoms with Crippen LogP contribution in [0.4, 0.5) is 5.69 Å². The largest absolute Gasteiger partial charge is 0.495 e. The fraction of sp³-hybridized carbons (Fsp3) is 0.400. The molecule has 0 atom stereocenters. The van der Waals surface area contributed by atoms with Crippen LogP contribution in [-0.4, -0.2) is 38.1 Å². The van der Waals surface area contributed by atoms with E-state index in [0.717, 1.165) is 6.42 Å². The Hall–Kier alpha value is -2.52. The van der Waals surface area contributed by atoms with E-state index in [2.05, 4.69) is 15.4 Å². The van der Waals surface area contributed by atoms with Gasteiger partial charge in [-0.15, -0.1) is 0 Å². The summed E-state index contributed by atoms with van der Waals surface area (Å²) in [5.74, 6) is 0.347. The van der Waals surface area contributed by atoms with Crippen molar-refractivity contribution in [1.82, 2.24) is 19.3 Å². The molecule has 1 N–H and O–H groups in total. The van der Waals surface area contributed by atoms with E-state index in [0.29, 0.717) is 51.4 Å². The van der Waals surface area contributed by atoms with E-state index in [1.807, 2.05) is 20.8 Å². The van der Waals surface area contributed by atoms with Gasteiger partial charge in [0, 0.05) is 18.1 Å². The van der Waals surface area contributed by atoms with Crippen molar-refractivity contribution in [3.63, 3.8) is 0 Å². The van der Waals surface area contributed by atoms with Crippen LogP contribution >= 0.6 is 23.4 Å². The van der Waals surface area contributed by atoms with Crippen LogP contribution in [0.25, 0.3) is 11.0 Å². The van der Waals surface area contributed by atoms with Crippen molar-refractivity contribution >= 4 is 46.0 Å². The van der Waals surface area contributed by atoms with Gasteiger partial charge in [-0.25, -0.2) is 4.98 Å². The van der Waals surface area contributed by atoms with Crippen LogP contribution in [0.3, 0.4) is 0 Å². The molecule has 0 saturated heterocycles. The average molecular weight is 450 g/mol. The second kappa shape index (κ2) is 9.53. The number of thioether (sulfide) groups is 1. The summed E-state index contributed by atoms with van der Waals surface area (Å²) in [6.45, 7) is 6.86. The molecule has 0 saturated carbocycles. The van der Waals surface area contributed by atoms with Gasteiger partial charge in [0.1, 0.15) is 11.3 Å². The van der Waals surface area contributed by atoms with Gasteiger partial charge in [-0.3, -0.25) is 18.8 Å². The number of aryl methyl sites for hydroxylation is 2. The molecule has 1 amide bonds. The van der Waals surface area contributed by atoms with E-state index in [4.69, 9.17) is 16.3 Å². The molecular formula is C20H24ClN5O3S.